The average molecular weight is 603 g/mol. The summed E-state index contributed by atoms with van der Waals surface area (Å²) in [6.45, 7) is 5.66. The first-order valence-electron chi connectivity index (χ1n) is 15.7. The third kappa shape index (κ3) is 6.66. The number of hydrogen-bond donors (Lipinski definition) is 2. The van der Waals surface area contributed by atoms with Crippen LogP contribution in [-0.4, -0.2) is 64.0 Å². The number of fused-ring (bicyclic) bond motifs is 4. The quantitative estimate of drug-likeness (QED) is 0.309. The monoisotopic (exact) mass is 602 g/mol. The van der Waals surface area contributed by atoms with Crippen molar-refractivity contribution in [1.82, 2.24) is 10.2 Å². The normalized spacial score (nSPS) is 22.3. The summed E-state index contributed by atoms with van der Waals surface area (Å²) in [6.07, 6.45) is 5.65. The minimum absolute atomic E-state index is 0.331. The molecule has 8 nitrogen and oxygen atoms in total. The Labute approximate surface area is 261 Å². The average Bonchev–Trinajstić information content (AvgIpc) is 3.07. The number of rotatable bonds is 8. The van der Waals surface area contributed by atoms with E-state index >= 15 is 0 Å². The number of nitrogens with one attached hydrogen (secondary N) is 1. The molecular weight excluding hydrogens is 556 g/mol. The van der Waals surface area contributed by atoms with Crippen LogP contribution in [0.3, 0.4) is 0 Å². The van der Waals surface area contributed by atoms with E-state index in [2.05, 4.69) is 41.4 Å². The zero-order valence-electron chi connectivity index (χ0n) is 26.6. The third-order valence-electron chi connectivity index (χ3n) is 9.66. The highest BCUT2D eigenvalue weighted by Gasteiger charge is 2.40. The van der Waals surface area contributed by atoms with Gasteiger partial charge in [0, 0.05) is 25.2 Å². The Morgan fingerprint density at radius 3 is 2.00 bits per heavy atom. The molecule has 1 fully saturated rings. The fourth-order valence-electron chi connectivity index (χ4n) is 7.32. The van der Waals surface area contributed by atoms with Crippen molar-refractivity contribution in [3.05, 3.63) is 82.4 Å². The summed E-state index contributed by atoms with van der Waals surface area (Å²) in [4.78, 5) is 12.9. The molecule has 3 aromatic carbocycles. The van der Waals surface area contributed by atoms with Crippen LogP contribution in [0, 0.1) is 11.8 Å². The molecule has 3 heterocycles. The van der Waals surface area contributed by atoms with Crippen LogP contribution in [0.5, 0.6) is 23.0 Å². The lowest BCUT2D eigenvalue weighted by molar-refractivity contribution is 0.0434. The number of ether oxygens (including phenoxy) is 4. The zero-order valence-corrected chi connectivity index (χ0v) is 26.6. The van der Waals surface area contributed by atoms with E-state index in [1.165, 1.54) is 41.6 Å². The topological polar surface area (TPSA) is 89.5 Å². The molecule has 44 heavy (non-hydrogen) atoms. The molecule has 3 aliphatic heterocycles. The highest BCUT2D eigenvalue weighted by Crippen LogP contribution is 2.48. The largest absolute Gasteiger partial charge is 0.493 e. The lowest BCUT2D eigenvalue weighted by atomic mass is 9.72. The highest BCUT2D eigenvalue weighted by molar-refractivity contribution is 5.87. The van der Waals surface area contributed by atoms with Gasteiger partial charge in [0.25, 0.3) is 0 Å². The van der Waals surface area contributed by atoms with Gasteiger partial charge in [-0.15, -0.1) is 0 Å². The second-order valence-corrected chi connectivity index (χ2v) is 11.9. The van der Waals surface area contributed by atoms with E-state index in [1.54, 1.807) is 58.8 Å². The smallest absolute Gasteiger partial charge is 0.335 e. The zero-order chi connectivity index (χ0) is 31.2. The predicted octanol–water partition coefficient (Wildman–Crippen LogP) is 6.33. The molecule has 0 aromatic heterocycles. The molecule has 3 aromatic rings. The molecule has 0 spiro atoms. The van der Waals surface area contributed by atoms with Gasteiger partial charge in [-0.1, -0.05) is 31.5 Å². The van der Waals surface area contributed by atoms with Gasteiger partial charge in [-0.2, -0.15) is 0 Å². The van der Waals surface area contributed by atoms with Crippen molar-refractivity contribution >= 4 is 5.97 Å². The van der Waals surface area contributed by atoms with Crippen molar-refractivity contribution in [3.63, 3.8) is 0 Å². The summed E-state index contributed by atoms with van der Waals surface area (Å²) < 4.78 is 22.5. The maximum absolute atomic E-state index is 10.2. The van der Waals surface area contributed by atoms with Crippen molar-refractivity contribution in [2.24, 2.45) is 11.8 Å². The first-order valence-corrected chi connectivity index (χ1v) is 15.7. The Bertz CT molecular complexity index is 1430. The third-order valence-corrected chi connectivity index (χ3v) is 9.66. The second kappa shape index (κ2) is 14.4. The number of benzene rings is 3. The molecule has 8 heteroatoms. The van der Waals surface area contributed by atoms with E-state index in [0.717, 1.165) is 55.4 Å². The maximum Gasteiger partial charge on any atom is 0.335 e. The van der Waals surface area contributed by atoms with Gasteiger partial charge < -0.3 is 29.4 Å². The highest BCUT2D eigenvalue weighted by atomic mass is 16.5. The van der Waals surface area contributed by atoms with E-state index in [1.807, 2.05) is 0 Å². The number of aromatic carboxylic acids is 1. The SMILES string of the molecule is CC[C@H]1CN2CCc3cc(OC)c(OC)cc3[C@@H]2C[C@@H]1C[C@H]1NCCc2cc(OC)c(OC)cc21.O=C(O)c1ccccc1. The number of nitrogens with zero attached hydrogens (tertiary/aromatic N) is 1. The van der Waals surface area contributed by atoms with Gasteiger partial charge in [0.15, 0.2) is 23.0 Å². The summed E-state index contributed by atoms with van der Waals surface area (Å²) in [5.74, 6) is 3.81. The summed E-state index contributed by atoms with van der Waals surface area (Å²) in [5.41, 5.74) is 5.93. The van der Waals surface area contributed by atoms with Crippen LogP contribution in [0.1, 0.15) is 70.9 Å². The van der Waals surface area contributed by atoms with Crippen molar-refractivity contribution in [2.75, 3.05) is 48.1 Å². The molecule has 1 saturated heterocycles. The van der Waals surface area contributed by atoms with Crippen LogP contribution in [0.4, 0.5) is 0 Å². The van der Waals surface area contributed by atoms with Crippen molar-refractivity contribution in [2.45, 2.75) is 51.1 Å². The van der Waals surface area contributed by atoms with E-state index in [0.29, 0.717) is 29.5 Å². The van der Waals surface area contributed by atoms with Crippen LogP contribution in [0.15, 0.2) is 54.6 Å². The minimum Gasteiger partial charge on any atom is -0.493 e. The number of hydrogen-bond acceptors (Lipinski definition) is 7. The Morgan fingerprint density at radius 1 is 0.841 bits per heavy atom. The number of carbonyl (C=O) groups is 1. The van der Waals surface area contributed by atoms with E-state index < -0.39 is 5.97 Å². The molecule has 0 radical (unpaired) electrons. The molecule has 0 unspecified atom stereocenters. The van der Waals surface area contributed by atoms with Crippen molar-refractivity contribution < 1.29 is 28.8 Å². The van der Waals surface area contributed by atoms with Crippen LogP contribution < -0.4 is 24.3 Å². The summed E-state index contributed by atoms with van der Waals surface area (Å²) >= 11 is 0. The van der Waals surface area contributed by atoms with Crippen LogP contribution in [-0.2, 0) is 12.8 Å². The number of methoxy groups -OCH3 is 4. The molecule has 0 bridgehead atoms. The Morgan fingerprint density at radius 2 is 1.43 bits per heavy atom. The Kier molecular flexibility index (Phi) is 10.3. The molecule has 0 saturated carbocycles. The Hall–Kier alpha value is -3.75. The Balaban J connectivity index is 0.000000367. The van der Waals surface area contributed by atoms with Gasteiger partial charge in [0.2, 0.25) is 0 Å². The maximum atomic E-state index is 10.2. The standard InChI is InChI=1S/C29H40N2O4.C7H6O2/c1-6-18-17-31-10-8-20-14-27(33-3)29(35-5)16-23(20)25(31)12-21(18)11-24-22-15-28(34-4)26(32-2)13-19(22)7-9-30-24;8-7(9)6-4-2-1-3-5-6/h13-16,18,21,24-25,30H,6-12,17H2,1-5H3;1-5H,(H,8,9)/t18-,21-,24+,25-;/m0./s1. The minimum atomic E-state index is -0.879. The lowest BCUT2D eigenvalue weighted by Crippen LogP contribution is -2.46. The second-order valence-electron chi connectivity index (χ2n) is 11.9. The summed E-state index contributed by atoms with van der Waals surface area (Å²) in [5, 5.41) is 12.2. The fraction of sp³-hybridized carbons (Fsp3) is 0.472. The van der Waals surface area contributed by atoms with Crippen LogP contribution in [0.25, 0.3) is 0 Å². The molecule has 6 rings (SSSR count). The fourth-order valence-corrected chi connectivity index (χ4v) is 7.32. The molecular formula is C36H46N2O6. The van der Waals surface area contributed by atoms with E-state index in [-0.39, 0.29) is 0 Å². The molecule has 4 atom stereocenters. The van der Waals surface area contributed by atoms with Crippen LogP contribution >= 0.6 is 0 Å². The first-order chi connectivity index (χ1) is 21.4. The van der Waals surface area contributed by atoms with Gasteiger partial charge in [-0.25, -0.2) is 4.79 Å². The predicted molar refractivity (Wildman–Crippen MR) is 171 cm³/mol. The molecule has 3 aliphatic rings. The molecule has 0 amide bonds. The van der Waals surface area contributed by atoms with Crippen LogP contribution in [0.2, 0.25) is 0 Å². The van der Waals surface area contributed by atoms with Gasteiger partial charge in [0.1, 0.15) is 0 Å². The van der Waals surface area contributed by atoms with Gasteiger partial charge in [-0.3, -0.25) is 4.90 Å². The first kappa shape index (κ1) is 31.7. The summed E-state index contributed by atoms with van der Waals surface area (Å²) in [6, 6.07) is 17.9. The molecule has 236 valence electrons. The van der Waals surface area contributed by atoms with E-state index in [4.69, 9.17) is 24.1 Å². The van der Waals surface area contributed by atoms with E-state index in [9.17, 15) is 4.79 Å². The number of carboxylic acid groups (broad SMARTS) is 1. The number of piperidine rings is 1. The summed E-state index contributed by atoms with van der Waals surface area (Å²) in [7, 11) is 6.90. The van der Waals surface area contributed by atoms with Gasteiger partial charge in [0.05, 0.1) is 34.0 Å². The van der Waals surface area contributed by atoms with Crippen molar-refractivity contribution in [3.8, 4) is 23.0 Å². The van der Waals surface area contributed by atoms with Gasteiger partial charge >= 0.3 is 5.97 Å². The molecule has 2 N–H and O–H groups in total. The van der Waals surface area contributed by atoms with Crippen molar-refractivity contribution in [1.29, 1.82) is 0 Å². The lowest BCUT2D eigenvalue weighted by Gasteiger charge is -2.48. The molecule has 0 aliphatic carbocycles. The van der Waals surface area contributed by atoms with Gasteiger partial charge in [-0.05, 0) is 103 Å². The number of carboxylic acids is 1.